The van der Waals surface area contributed by atoms with E-state index in [1.165, 1.54) is 12.8 Å². The molecular formula is C20H25N5O2. The smallest absolute Gasteiger partial charge is 0.246 e. The number of hydrogen-bond donors (Lipinski definition) is 0. The highest BCUT2D eigenvalue weighted by molar-refractivity contribution is 5.91. The van der Waals surface area contributed by atoms with Crippen molar-refractivity contribution in [1.29, 1.82) is 0 Å². The molecule has 0 unspecified atom stereocenters. The van der Waals surface area contributed by atoms with Crippen LogP contribution in [-0.2, 0) is 4.79 Å². The Morgan fingerprint density at radius 1 is 1.07 bits per heavy atom. The third-order valence-corrected chi connectivity index (χ3v) is 5.07. The molecule has 2 aromatic heterocycles. The summed E-state index contributed by atoms with van der Waals surface area (Å²) in [5.74, 6) is 2.50. The van der Waals surface area contributed by atoms with Gasteiger partial charge in [-0.1, -0.05) is 0 Å². The van der Waals surface area contributed by atoms with E-state index < -0.39 is 0 Å². The van der Waals surface area contributed by atoms with Crippen LogP contribution in [0.4, 0.5) is 11.8 Å². The minimum Gasteiger partial charge on any atom is -0.465 e. The number of furan rings is 1. The molecule has 1 amide bonds. The van der Waals surface area contributed by atoms with Gasteiger partial charge in [-0.3, -0.25) is 4.79 Å². The van der Waals surface area contributed by atoms with Crippen molar-refractivity contribution in [2.45, 2.75) is 19.8 Å². The lowest BCUT2D eigenvalue weighted by atomic mass is 10.2. The number of aryl methyl sites for hydroxylation is 1. The molecule has 0 radical (unpaired) electrons. The summed E-state index contributed by atoms with van der Waals surface area (Å²) in [6, 6.07) is 5.67. The van der Waals surface area contributed by atoms with Gasteiger partial charge < -0.3 is 19.1 Å². The van der Waals surface area contributed by atoms with Gasteiger partial charge in [0.1, 0.15) is 11.6 Å². The lowest BCUT2D eigenvalue weighted by Crippen LogP contribution is -2.48. The molecule has 4 rings (SSSR count). The second-order valence-corrected chi connectivity index (χ2v) is 7.02. The maximum Gasteiger partial charge on any atom is 0.246 e. The number of anilines is 2. The molecule has 2 aliphatic rings. The molecule has 2 aromatic rings. The Kier molecular flexibility index (Phi) is 5.09. The molecule has 2 saturated heterocycles. The van der Waals surface area contributed by atoms with Crippen LogP contribution < -0.4 is 9.80 Å². The molecule has 0 N–H and O–H groups in total. The molecule has 0 spiro atoms. The summed E-state index contributed by atoms with van der Waals surface area (Å²) >= 11 is 0. The van der Waals surface area contributed by atoms with E-state index in [1.54, 1.807) is 18.4 Å². The Morgan fingerprint density at radius 3 is 2.56 bits per heavy atom. The standard InChI is InChI=1S/C20H25N5O2/c1-16-15-18(22-20(21-16)25-8-2-3-9-25)23-10-12-24(13-11-23)19(26)7-6-17-5-4-14-27-17/h4-7,14-15H,2-3,8-13H2,1H3/b7-6+. The van der Waals surface area contributed by atoms with Crippen molar-refractivity contribution in [2.24, 2.45) is 0 Å². The van der Waals surface area contributed by atoms with Crippen LogP contribution in [0.15, 0.2) is 35.0 Å². The van der Waals surface area contributed by atoms with E-state index in [9.17, 15) is 4.79 Å². The van der Waals surface area contributed by atoms with Gasteiger partial charge in [-0.05, 0) is 38.0 Å². The Balaban J connectivity index is 1.38. The summed E-state index contributed by atoms with van der Waals surface area (Å²) in [5.41, 5.74) is 0.988. The SMILES string of the molecule is Cc1cc(N2CCN(C(=O)/C=C/c3ccco3)CC2)nc(N2CCCC2)n1. The highest BCUT2D eigenvalue weighted by Crippen LogP contribution is 2.21. The van der Waals surface area contributed by atoms with Crippen LogP contribution in [0.2, 0.25) is 0 Å². The van der Waals surface area contributed by atoms with E-state index in [-0.39, 0.29) is 5.91 Å². The molecule has 4 heterocycles. The number of nitrogens with zero attached hydrogens (tertiary/aromatic N) is 5. The summed E-state index contributed by atoms with van der Waals surface area (Å²) in [5, 5.41) is 0. The number of rotatable bonds is 4. The van der Waals surface area contributed by atoms with Gasteiger partial charge in [0.15, 0.2) is 0 Å². The fraction of sp³-hybridized carbons (Fsp3) is 0.450. The Morgan fingerprint density at radius 2 is 1.85 bits per heavy atom. The fourth-order valence-electron chi connectivity index (χ4n) is 3.56. The first-order valence-electron chi connectivity index (χ1n) is 9.55. The van der Waals surface area contributed by atoms with E-state index >= 15 is 0 Å². The average molecular weight is 367 g/mol. The van der Waals surface area contributed by atoms with Crippen molar-refractivity contribution in [3.8, 4) is 0 Å². The van der Waals surface area contributed by atoms with Gasteiger partial charge in [-0.2, -0.15) is 4.98 Å². The van der Waals surface area contributed by atoms with E-state index in [1.807, 2.05) is 30.0 Å². The van der Waals surface area contributed by atoms with Crippen LogP contribution in [0.3, 0.4) is 0 Å². The highest BCUT2D eigenvalue weighted by atomic mass is 16.3. The summed E-state index contributed by atoms with van der Waals surface area (Å²) in [7, 11) is 0. The zero-order chi connectivity index (χ0) is 18.6. The monoisotopic (exact) mass is 367 g/mol. The van der Waals surface area contributed by atoms with Crippen molar-refractivity contribution in [1.82, 2.24) is 14.9 Å². The van der Waals surface area contributed by atoms with E-state index in [0.29, 0.717) is 18.8 Å². The normalized spacial score (nSPS) is 17.9. The minimum atomic E-state index is 0.0164. The van der Waals surface area contributed by atoms with Crippen molar-refractivity contribution in [3.63, 3.8) is 0 Å². The lowest BCUT2D eigenvalue weighted by molar-refractivity contribution is -0.126. The summed E-state index contributed by atoms with van der Waals surface area (Å²) < 4.78 is 5.23. The molecule has 0 saturated carbocycles. The van der Waals surface area contributed by atoms with Crippen LogP contribution in [-0.4, -0.2) is 60.0 Å². The van der Waals surface area contributed by atoms with Crippen LogP contribution in [0.1, 0.15) is 24.3 Å². The molecule has 0 aliphatic carbocycles. The van der Waals surface area contributed by atoms with Crippen LogP contribution >= 0.6 is 0 Å². The molecule has 2 aliphatic heterocycles. The molecule has 0 aromatic carbocycles. The number of aromatic nitrogens is 2. The van der Waals surface area contributed by atoms with Gasteiger partial charge in [0.2, 0.25) is 11.9 Å². The summed E-state index contributed by atoms with van der Waals surface area (Å²) in [6.45, 7) is 7.00. The third kappa shape index (κ3) is 4.13. The Bertz CT molecular complexity index is 804. The number of carbonyl (C=O) groups is 1. The molecule has 0 bridgehead atoms. The highest BCUT2D eigenvalue weighted by Gasteiger charge is 2.22. The van der Waals surface area contributed by atoms with Gasteiger partial charge in [0.05, 0.1) is 6.26 Å². The van der Waals surface area contributed by atoms with Crippen molar-refractivity contribution in [2.75, 3.05) is 49.1 Å². The molecule has 27 heavy (non-hydrogen) atoms. The quantitative estimate of drug-likeness (QED) is 0.773. The predicted octanol–water partition coefficient (Wildman–Crippen LogP) is 2.34. The van der Waals surface area contributed by atoms with E-state index in [2.05, 4.69) is 14.8 Å². The number of amides is 1. The van der Waals surface area contributed by atoms with Crippen molar-refractivity contribution in [3.05, 3.63) is 42.0 Å². The van der Waals surface area contributed by atoms with E-state index in [4.69, 9.17) is 9.40 Å². The first-order valence-corrected chi connectivity index (χ1v) is 9.55. The van der Waals surface area contributed by atoms with Crippen molar-refractivity contribution >= 4 is 23.7 Å². The first-order chi connectivity index (χ1) is 13.2. The van der Waals surface area contributed by atoms with Crippen molar-refractivity contribution < 1.29 is 9.21 Å². The topological polar surface area (TPSA) is 65.7 Å². The second kappa shape index (κ2) is 7.82. The molecular weight excluding hydrogens is 342 g/mol. The fourth-order valence-corrected chi connectivity index (χ4v) is 3.56. The van der Waals surface area contributed by atoms with Gasteiger partial charge in [-0.15, -0.1) is 0 Å². The Labute approximate surface area is 159 Å². The second-order valence-electron chi connectivity index (χ2n) is 7.02. The average Bonchev–Trinajstić information content (AvgIpc) is 3.39. The molecule has 7 heteroatoms. The van der Waals surface area contributed by atoms with Gasteiger partial charge in [-0.25, -0.2) is 4.98 Å². The number of carbonyl (C=O) groups excluding carboxylic acids is 1. The van der Waals surface area contributed by atoms with Gasteiger partial charge in [0.25, 0.3) is 0 Å². The van der Waals surface area contributed by atoms with Gasteiger partial charge >= 0.3 is 0 Å². The van der Waals surface area contributed by atoms with Crippen LogP contribution in [0.25, 0.3) is 6.08 Å². The van der Waals surface area contributed by atoms with Gasteiger partial charge in [0, 0.05) is 57.1 Å². The lowest BCUT2D eigenvalue weighted by Gasteiger charge is -2.35. The summed E-state index contributed by atoms with van der Waals surface area (Å²) in [6.07, 6.45) is 7.31. The molecule has 2 fully saturated rings. The Hall–Kier alpha value is -2.83. The van der Waals surface area contributed by atoms with E-state index in [0.717, 1.165) is 43.6 Å². The number of hydrogen-bond acceptors (Lipinski definition) is 6. The van der Waals surface area contributed by atoms with Crippen LogP contribution in [0.5, 0.6) is 0 Å². The maximum atomic E-state index is 12.4. The first kappa shape index (κ1) is 17.6. The maximum absolute atomic E-state index is 12.4. The van der Waals surface area contributed by atoms with Crippen LogP contribution in [0, 0.1) is 6.92 Å². The molecule has 142 valence electrons. The molecule has 0 atom stereocenters. The zero-order valence-electron chi connectivity index (χ0n) is 15.7. The largest absolute Gasteiger partial charge is 0.465 e. The molecule has 7 nitrogen and oxygen atoms in total. The number of piperazine rings is 1. The third-order valence-electron chi connectivity index (χ3n) is 5.07. The summed E-state index contributed by atoms with van der Waals surface area (Å²) in [4.78, 5) is 28.1. The zero-order valence-corrected chi connectivity index (χ0v) is 15.7. The minimum absolute atomic E-state index is 0.0164. The predicted molar refractivity (Wildman–Crippen MR) is 105 cm³/mol.